The summed E-state index contributed by atoms with van der Waals surface area (Å²) in [7, 11) is 5.96. The number of amides is 1. The molecule has 2 aromatic carbocycles. The quantitative estimate of drug-likeness (QED) is 0.704. The maximum atomic E-state index is 13.1. The molecule has 0 aliphatic rings. The van der Waals surface area contributed by atoms with Gasteiger partial charge in [0.15, 0.2) is 0 Å². The third-order valence-electron chi connectivity index (χ3n) is 4.04. The number of nitrogens with zero attached hydrogens (tertiary/aromatic N) is 1. The van der Waals surface area contributed by atoms with Crippen molar-refractivity contribution in [3.8, 4) is 23.0 Å². The first kappa shape index (κ1) is 20.9. The average Bonchev–Trinajstić information content (AvgIpc) is 2.71. The maximum absolute atomic E-state index is 13.1. The standard InChI is InChI=1S/C20H23NO7/c1-25-14-5-6-17(18(10-14)28-4)20(24)21(12-19(22)23)11-13-7-15(26-2)9-16(8-13)27-3/h5-10H,11-12H2,1-4H3,(H,22,23). The number of methoxy groups -OCH3 is 4. The summed E-state index contributed by atoms with van der Waals surface area (Å²) in [4.78, 5) is 25.6. The van der Waals surface area contributed by atoms with E-state index in [1.165, 1.54) is 33.3 Å². The lowest BCUT2D eigenvalue weighted by atomic mass is 10.1. The number of carboxylic acids is 1. The second kappa shape index (κ2) is 9.50. The first-order valence-electron chi connectivity index (χ1n) is 8.36. The van der Waals surface area contributed by atoms with Crippen LogP contribution in [0.15, 0.2) is 36.4 Å². The monoisotopic (exact) mass is 389 g/mol. The molecule has 1 N–H and O–H groups in total. The zero-order valence-corrected chi connectivity index (χ0v) is 16.2. The van der Waals surface area contributed by atoms with Gasteiger partial charge >= 0.3 is 5.97 Å². The molecule has 0 radical (unpaired) electrons. The van der Waals surface area contributed by atoms with Gasteiger partial charge in [-0.25, -0.2) is 0 Å². The summed E-state index contributed by atoms with van der Waals surface area (Å²) in [5, 5.41) is 9.27. The molecule has 0 bridgehead atoms. The molecule has 0 fully saturated rings. The van der Waals surface area contributed by atoms with Crippen molar-refractivity contribution in [2.45, 2.75) is 6.54 Å². The SMILES string of the molecule is COc1cc(CN(CC(=O)O)C(=O)c2ccc(OC)cc2OC)cc(OC)c1. The van der Waals surface area contributed by atoms with Gasteiger partial charge in [-0.3, -0.25) is 9.59 Å². The zero-order chi connectivity index (χ0) is 20.7. The molecule has 0 heterocycles. The Morgan fingerprint density at radius 2 is 1.46 bits per heavy atom. The van der Waals surface area contributed by atoms with Crippen molar-refractivity contribution in [1.82, 2.24) is 4.90 Å². The Kier molecular flexibility index (Phi) is 7.08. The van der Waals surface area contributed by atoms with Crippen LogP contribution in [-0.4, -0.2) is 56.9 Å². The fraction of sp³-hybridized carbons (Fsp3) is 0.300. The number of carbonyl (C=O) groups excluding carboxylic acids is 1. The normalized spacial score (nSPS) is 10.1. The van der Waals surface area contributed by atoms with Crippen LogP contribution in [0.4, 0.5) is 0 Å². The summed E-state index contributed by atoms with van der Waals surface area (Å²) in [6, 6.07) is 9.86. The summed E-state index contributed by atoms with van der Waals surface area (Å²) in [5.74, 6) is 0.288. The van der Waals surface area contributed by atoms with Crippen molar-refractivity contribution >= 4 is 11.9 Å². The van der Waals surface area contributed by atoms with Crippen LogP contribution in [-0.2, 0) is 11.3 Å². The predicted molar refractivity (Wildman–Crippen MR) is 101 cm³/mol. The summed E-state index contributed by atoms with van der Waals surface area (Å²) >= 11 is 0. The number of hydrogen-bond donors (Lipinski definition) is 1. The highest BCUT2D eigenvalue weighted by atomic mass is 16.5. The minimum absolute atomic E-state index is 0.0495. The zero-order valence-electron chi connectivity index (χ0n) is 16.2. The van der Waals surface area contributed by atoms with Crippen molar-refractivity contribution in [2.24, 2.45) is 0 Å². The van der Waals surface area contributed by atoms with Crippen LogP contribution in [0.2, 0.25) is 0 Å². The van der Waals surface area contributed by atoms with E-state index in [9.17, 15) is 14.7 Å². The molecule has 0 aliphatic carbocycles. The van der Waals surface area contributed by atoms with E-state index < -0.39 is 18.4 Å². The van der Waals surface area contributed by atoms with Crippen LogP contribution in [0.3, 0.4) is 0 Å². The molecule has 0 atom stereocenters. The highest BCUT2D eigenvalue weighted by Crippen LogP contribution is 2.27. The molecule has 2 rings (SSSR count). The molecule has 1 amide bonds. The molecule has 0 aromatic heterocycles. The molecular weight excluding hydrogens is 366 g/mol. The lowest BCUT2D eigenvalue weighted by molar-refractivity contribution is -0.137. The van der Waals surface area contributed by atoms with Gasteiger partial charge in [0.25, 0.3) is 5.91 Å². The van der Waals surface area contributed by atoms with Crippen LogP contribution < -0.4 is 18.9 Å². The molecule has 2 aromatic rings. The van der Waals surface area contributed by atoms with Crippen LogP contribution in [0.25, 0.3) is 0 Å². The van der Waals surface area contributed by atoms with E-state index >= 15 is 0 Å². The van der Waals surface area contributed by atoms with E-state index in [0.29, 0.717) is 28.6 Å². The summed E-state index contributed by atoms with van der Waals surface area (Å²) in [6.45, 7) is -0.429. The number of rotatable bonds is 9. The van der Waals surface area contributed by atoms with Gasteiger partial charge in [0, 0.05) is 18.7 Å². The first-order chi connectivity index (χ1) is 13.4. The van der Waals surface area contributed by atoms with Crippen LogP contribution in [0.5, 0.6) is 23.0 Å². The lowest BCUT2D eigenvalue weighted by Crippen LogP contribution is -2.35. The van der Waals surface area contributed by atoms with Gasteiger partial charge in [0.1, 0.15) is 29.5 Å². The van der Waals surface area contributed by atoms with Crippen molar-refractivity contribution < 1.29 is 33.6 Å². The predicted octanol–water partition coefficient (Wildman–Crippen LogP) is 2.45. The molecule has 0 aliphatic heterocycles. The number of carboxylic acid groups (broad SMARTS) is 1. The molecule has 0 unspecified atom stereocenters. The minimum atomic E-state index is -1.13. The number of ether oxygens (including phenoxy) is 4. The number of hydrogen-bond acceptors (Lipinski definition) is 6. The number of aliphatic carboxylic acids is 1. The van der Waals surface area contributed by atoms with Crippen molar-refractivity contribution in [2.75, 3.05) is 35.0 Å². The second-order valence-corrected chi connectivity index (χ2v) is 5.84. The summed E-state index contributed by atoms with van der Waals surface area (Å²) in [5.41, 5.74) is 0.901. The van der Waals surface area contributed by atoms with Gasteiger partial charge < -0.3 is 29.0 Å². The van der Waals surface area contributed by atoms with Gasteiger partial charge in [-0.15, -0.1) is 0 Å². The molecule has 0 saturated carbocycles. The Hall–Kier alpha value is -3.42. The second-order valence-electron chi connectivity index (χ2n) is 5.84. The minimum Gasteiger partial charge on any atom is -0.497 e. The Balaban J connectivity index is 2.39. The van der Waals surface area contributed by atoms with Crippen molar-refractivity contribution in [1.29, 1.82) is 0 Å². The molecular formula is C20H23NO7. The highest BCUT2D eigenvalue weighted by Gasteiger charge is 2.23. The van der Waals surface area contributed by atoms with E-state index in [1.807, 2.05) is 0 Å². The summed E-state index contributed by atoms with van der Waals surface area (Å²) < 4.78 is 20.9. The molecule has 28 heavy (non-hydrogen) atoms. The lowest BCUT2D eigenvalue weighted by Gasteiger charge is -2.22. The fourth-order valence-electron chi connectivity index (χ4n) is 2.69. The highest BCUT2D eigenvalue weighted by molar-refractivity contribution is 5.98. The summed E-state index contributed by atoms with van der Waals surface area (Å²) in [6.07, 6.45) is 0. The van der Waals surface area contributed by atoms with E-state index in [1.54, 1.807) is 36.4 Å². The third kappa shape index (κ3) is 5.06. The van der Waals surface area contributed by atoms with Gasteiger partial charge in [-0.05, 0) is 29.8 Å². The largest absolute Gasteiger partial charge is 0.497 e. The Bertz CT molecular complexity index is 828. The smallest absolute Gasteiger partial charge is 0.323 e. The molecule has 0 saturated heterocycles. The van der Waals surface area contributed by atoms with Crippen LogP contribution >= 0.6 is 0 Å². The van der Waals surface area contributed by atoms with E-state index in [2.05, 4.69) is 0 Å². The van der Waals surface area contributed by atoms with E-state index in [0.717, 1.165) is 0 Å². The van der Waals surface area contributed by atoms with Crippen molar-refractivity contribution in [3.63, 3.8) is 0 Å². The fourth-order valence-corrected chi connectivity index (χ4v) is 2.69. The number of benzene rings is 2. The Morgan fingerprint density at radius 1 is 0.857 bits per heavy atom. The van der Waals surface area contributed by atoms with Crippen molar-refractivity contribution in [3.05, 3.63) is 47.5 Å². The third-order valence-corrected chi connectivity index (χ3v) is 4.04. The maximum Gasteiger partial charge on any atom is 0.323 e. The van der Waals surface area contributed by atoms with E-state index in [4.69, 9.17) is 18.9 Å². The van der Waals surface area contributed by atoms with E-state index in [-0.39, 0.29) is 12.1 Å². The molecule has 150 valence electrons. The average molecular weight is 389 g/mol. The first-order valence-corrected chi connectivity index (χ1v) is 8.36. The Morgan fingerprint density at radius 3 is 1.96 bits per heavy atom. The van der Waals surface area contributed by atoms with Gasteiger partial charge in [-0.2, -0.15) is 0 Å². The topological polar surface area (TPSA) is 94.5 Å². The van der Waals surface area contributed by atoms with Gasteiger partial charge in [-0.1, -0.05) is 0 Å². The van der Waals surface area contributed by atoms with Crippen LogP contribution in [0.1, 0.15) is 15.9 Å². The van der Waals surface area contributed by atoms with Gasteiger partial charge in [0.2, 0.25) is 0 Å². The Labute approximate surface area is 163 Å². The van der Waals surface area contributed by atoms with Gasteiger partial charge in [0.05, 0.1) is 34.0 Å². The van der Waals surface area contributed by atoms with Crippen LogP contribution in [0, 0.1) is 0 Å². The molecule has 8 heteroatoms. The molecule has 0 spiro atoms. The number of carbonyl (C=O) groups is 2. The molecule has 8 nitrogen and oxygen atoms in total.